The predicted molar refractivity (Wildman–Crippen MR) is 77.0 cm³/mol. The molecule has 0 radical (unpaired) electrons. The zero-order valence-electron chi connectivity index (χ0n) is 10.8. The molecule has 0 saturated heterocycles. The van der Waals surface area contributed by atoms with Crippen LogP contribution < -0.4 is 0 Å². The van der Waals surface area contributed by atoms with Crippen molar-refractivity contribution in [3.05, 3.63) is 40.5 Å². The van der Waals surface area contributed by atoms with Crippen molar-refractivity contribution in [2.24, 2.45) is 0 Å². The van der Waals surface area contributed by atoms with Crippen molar-refractivity contribution < 1.29 is 4.39 Å². The van der Waals surface area contributed by atoms with Crippen molar-refractivity contribution in [2.75, 3.05) is 6.67 Å². The van der Waals surface area contributed by atoms with Gasteiger partial charge in [-0.1, -0.05) is 23.8 Å². The second kappa shape index (κ2) is 8.86. The van der Waals surface area contributed by atoms with Gasteiger partial charge in [-0.25, -0.2) is 4.39 Å². The van der Waals surface area contributed by atoms with Gasteiger partial charge in [0.05, 0.1) is 0 Å². The molecule has 0 unspecified atom stereocenters. The molecule has 0 saturated carbocycles. The average Bonchev–Trinajstić information content (AvgIpc) is 2.75. The molecule has 0 spiro atoms. The lowest BCUT2D eigenvalue weighted by atomic mass is 10.1. The Morgan fingerprint density at radius 3 is 2.89 bits per heavy atom. The van der Waals surface area contributed by atoms with E-state index in [4.69, 9.17) is 12.2 Å². The van der Waals surface area contributed by atoms with E-state index in [2.05, 4.69) is 23.0 Å². The van der Waals surface area contributed by atoms with E-state index in [0.29, 0.717) is 4.77 Å². The molecule has 1 aromatic heterocycles. The van der Waals surface area contributed by atoms with E-state index in [9.17, 15) is 4.39 Å². The highest BCUT2D eigenvalue weighted by molar-refractivity contribution is 7.71. The first kappa shape index (κ1) is 14.9. The number of nitrogens with one attached hydrogen (secondary N) is 2. The summed E-state index contributed by atoms with van der Waals surface area (Å²) in [6, 6.07) is 0. The molecule has 0 aliphatic rings. The normalized spacial score (nSPS) is 12.4. The quantitative estimate of drug-likeness (QED) is 0.401. The van der Waals surface area contributed by atoms with Crippen LogP contribution in [0.15, 0.2) is 30.0 Å². The van der Waals surface area contributed by atoms with Gasteiger partial charge in [0.2, 0.25) is 0 Å². The first-order chi connectivity index (χ1) is 8.72. The van der Waals surface area contributed by atoms with Crippen LogP contribution >= 0.6 is 12.2 Å². The number of aromatic nitrogens is 2. The van der Waals surface area contributed by atoms with E-state index < -0.39 is 0 Å². The summed E-state index contributed by atoms with van der Waals surface area (Å²) in [5.41, 5.74) is 2.48. The van der Waals surface area contributed by atoms with Gasteiger partial charge in [-0.15, -0.1) is 0 Å². The maximum atomic E-state index is 11.8. The molecule has 0 fully saturated rings. The zero-order valence-corrected chi connectivity index (χ0v) is 11.7. The third kappa shape index (κ3) is 6.55. The van der Waals surface area contributed by atoms with Gasteiger partial charge >= 0.3 is 0 Å². The number of rotatable bonds is 8. The summed E-state index contributed by atoms with van der Waals surface area (Å²) in [6.07, 6.45) is 12.9. The minimum atomic E-state index is -0.370. The van der Waals surface area contributed by atoms with Crippen LogP contribution in [0, 0.1) is 4.77 Å². The Bertz CT molecular complexity index is 443. The molecule has 1 heterocycles. The Kier molecular flexibility index (Phi) is 7.34. The van der Waals surface area contributed by atoms with Gasteiger partial charge in [-0.3, -0.25) is 0 Å². The number of halogens is 1. The Morgan fingerprint density at radius 1 is 1.39 bits per heavy atom. The van der Waals surface area contributed by atoms with Crippen LogP contribution in [-0.4, -0.2) is 16.6 Å². The standard InChI is InChI=1S/C14H21FN2S/c1-12(8-5-6-10-15)7-3-2-4-9-13-11-16-14(18)17-13/h5-7,11H,2-4,8-10H2,1H3,(H2,16,17,18)/b6-5-,12-7+. The number of aromatic amines is 2. The Labute approximate surface area is 113 Å². The molecule has 2 nitrogen and oxygen atoms in total. The zero-order chi connectivity index (χ0) is 13.2. The average molecular weight is 268 g/mol. The summed E-state index contributed by atoms with van der Waals surface area (Å²) in [4.78, 5) is 6.07. The first-order valence-corrected chi connectivity index (χ1v) is 6.76. The molecule has 0 aliphatic carbocycles. The van der Waals surface area contributed by atoms with Gasteiger partial charge in [-0.05, 0) is 51.2 Å². The van der Waals surface area contributed by atoms with Crippen molar-refractivity contribution >= 4 is 12.2 Å². The van der Waals surface area contributed by atoms with Crippen LogP contribution in [0.1, 0.15) is 38.3 Å². The summed E-state index contributed by atoms with van der Waals surface area (Å²) < 4.78 is 12.5. The SMILES string of the molecule is C/C(=C\CCCCc1c[nH]c(=S)[nH]1)C/C=C\CF. The van der Waals surface area contributed by atoms with Crippen molar-refractivity contribution in [1.29, 1.82) is 0 Å². The van der Waals surface area contributed by atoms with Crippen molar-refractivity contribution in [1.82, 2.24) is 9.97 Å². The summed E-state index contributed by atoms with van der Waals surface area (Å²) in [7, 11) is 0. The molecular formula is C14H21FN2S. The molecule has 4 heteroatoms. The number of hydrogen-bond donors (Lipinski definition) is 2. The highest BCUT2D eigenvalue weighted by atomic mass is 32.1. The second-order valence-electron chi connectivity index (χ2n) is 4.39. The lowest BCUT2D eigenvalue weighted by molar-refractivity contribution is 0.561. The number of hydrogen-bond acceptors (Lipinski definition) is 1. The lowest BCUT2D eigenvalue weighted by Gasteiger charge is -1.98. The van der Waals surface area contributed by atoms with Crippen LogP contribution in [0.5, 0.6) is 0 Å². The number of allylic oxidation sites excluding steroid dienone is 4. The number of aryl methyl sites for hydroxylation is 1. The fraction of sp³-hybridized carbons (Fsp3) is 0.500. The van der Waals surface area contributed by atoms with E-state index in [0.717, 1.165) is 32.1 Å². The van der Waals surface area contributed by atoms with E-state index in [1.165, 1.54) is 11.3 Å². The number of alkyl halides is 1. The maximum absolute atomic E-state index is 11.8. The number of unbranched alkanes of at least 4 members (excludes halogenated alkanes) is 2. The second-order valence-corrected chi connectivity index (χ2v) is 4.80. The highest BCUT2D eigenvalue weighted by Crippen LogP contribution is 2.08. The third-order valence-corrected chi connectivity index (χ3v) is 2.96. The number of H-pyrrole nitrogens is 2. The molecule has 0 amide bonds. The Hall–Kier alpha value is -1.16. The fourth-order valence-electron chi connectivity index (χ4n) is 1.73. The van der Waals surface area contributed by atoms with Crippen LogP contribution in [0.3, 0.4) is 0 Å². The van der Waals surface area contributed by atoms with E-state index in [-0.39, 0.29) is 6.67 Å². The molecule has 18 heavy (non-hydrogen) atoms. The summed E-state index contributed by atoms with van der Waals surface area (Å²) in [6.45, 7) is 1.72. The summed E-state index contributed by atoms with van der Waals surface area (Å²) >= 11 is 4.97. The van der Waals surface area contributed by atoms with Gasteiger partial charge < -0.3 is 9.97 Å². The van der Waals surface area contributed by atoms with Crippen LogP contribution in [-0.2, 0) is 6.42 Å². The monoisotopic (exact) mass is 268 g/mol. The maximum Gasteiger partial charge on any atom is 0.174 e. The smallest absolute Gasteiger partial charge is 0.174 e. The lowest BCUT2D eigenvalue weighted by Crippen LogP contribution is -1.85. The molecule has 100 valence electrons. The molecule has 0 aliphatic heterocycles. The highest BCUT2D eigenvalue weighted by Gasteiger charge is 1.94. The van der Waals surface area contributed by atoms with Crippen molar-refractivity contribution in [2.45, 2.75) is 39.0 Å². The predicted octanol–water partition coefficient (Wildman–Crippen LogP) is 4.65. The summed E-state index contributed by atoms with van der Waals surface area (Å²) in [5.74, 6) is 0. The summed E-state index contributed by atoms with van der Waals surface area (Å²) in [5, 5.41) is 0. The third-order valence-electron chi connectivity index (χ3n) is 2.74. The molecular weight excluding hydrogens is 247 g/mol. The minimum absolute atomic E-state index is 0.370. The van der Waals surface area contributed by atoms with Crippen molar-refractivity contribution in [3.8, 4) is 0 Å². The van der Waals surface area contributed by atoms with E-state index >= 15 is 0 Å². The van der Waals surface area contributed by atoms with E-state index in [1.807, 2.05) is 12.3 Å². The molecule has 1 aromatic rings. The largest absolute Gasteiger partial charge is 0.337 e. The topological polar surface area (TPSA) is 31.6 Å². The van der Waals surface area contributed by atoms with Crippen LogP contribution in [0.25, 0.3) is 0 Å². The molecule has 0 bridgehead atoms. The van der Waals surface area contributed by atoms with Gasteiger partial charge in [-0.2, -0.15) is 0 Å². The Morgan fingerprint density at radius 2 is 2.22 bits per heavy atom. The van der Waals surface area contributed by atoms with Crippen LogP contribution in [0.4, 0.5) is 4.39 Å². The molecule has 0 aromatic carbocycles. The van der Waals surface area contributed by atoms with Gasteiger partial charge in [0.25, 0.3) is 0 Å². The minimum Gasteiger partial charge on any atom is -0.337 e. The van der Waals surface area contributed by atoms with Gasteiger partial charge in [0, 0.05) is 11.9 Å². The molecule has 1 rings (SSSR count). The fourth-order valence-corrected chi connectivity index (χ4v) is 1.92. The Balaban J connectivity index is 2.12. The van der Waals surface area contributed by atoms with Gasteiger partial charge in [0.15, 0.2) is 4.77 Å². The molecule has 2 N–H and O–H groups in total. The molecule has 0 atom stereocenters. The first-order valence-electron chi connectivity index (χ1n) is 6.35. The van der Waals surface area contributed by atoms with Crippen molar-refractivity contribution in [3.63, 3.8) is 0 Å². The number of imidazole rings is 1. The van der Waals surface area contributed by atoms with Crippen LogP contribution in [0.2, 0.25) is 0 Å². The van der Waals surface area contributed by atoms with E-state index in [1.54, 1.807) is 6.08 Å². The van der Waals surface area contributed by atoms with Gasteiger partial charge in [0.1, 0.15) is 6.67 Å².